The second-order valence-electron chi connectivity index (χ2n) is 5.49. The Hall–Kier alpha value is -3.08. The number of nitrogens with zero attached hydrogens (tertiary/aromatic N) is 1. The van der Waals surface area contributed by atoms with Gasteiger partial charge in [0.1, 0.15) is 11.9 Å². The molecule has 0 radical (unpaired) electrons. The van der Waals surface area contributed by atoms with E-state index in [0.29, 0.717) is 29.0 Å². The minimum absolute atomic E-state index is 0.150. The molecule has 0 bridgehead atoms. The van der Waals surface area contributed by atoms with Gasteiger partial charge in [0.05, 0.1) is 11.4 Å². The number of hydrogen-bond acceptors (Lipinski definition) is 4. The van der Waals surface area contributed by atoms with Crippen LogP contribution in [0.5, 0.6) is 5.75 Å². The molecule has 5 nitrogen and oxygen atoms in total. The number of benzene rings is 2. The Kier molecular flexibility index (Phi) is 3.12. The zero-order valence-corrected chi connectivity index (χ0v) is 12.2. The van der Waals surface area contributed by atoms with Crippen LogP contribution in [0.2, 0.25) is 0 Å². The minimum atomic E-state index is -0.395. The molecule has 23 heavy (non-hydrogen) atoms. The van der Waals surface area contributed by atoms with E-state index in [1.807, 2.05) is 48.5 Å². The molecule has 4 rings (SSSR count). The van der Waals surface area contributed by atoms with E-state index < -0.39 is 6.10 Å². The second-order valence-corrected chi connectivity index (χ2v) is 5.49. The Morgan fingerprint density at radius 1 is 1.13 bits per heavy atom. The molecule has 0 saturated carbocycles. The molecular formula is C18H14N2O3. The van der Waals surface area contributed by atoms with Crippen LogP contribution >= 0.6 is 0 Å². The molecule has 0 saturated heterocycles. The highest BCUT2D eigenvalue weighted by Crippen LogP contribution is 2.34. The third-order valence-corrected chi connectivity index (χ3v) is 4.09. The van der Waals surface area contributed by atoms with Crippen LogP contribution in [0.3, 0.4) is 0 Å². The van der Waals surface area contributed by atoms with Crippen molar-refractivity contribution in [2.75, 3.05) is 0 Å². The fourth-order valence-corrected chi connectivity index (χ4v) is 2.96. The number of pyridine rings is 1. The normalized spacial score (nSPS) is 18.6. The predicted molar refractivity (Wildman–Crippen MR) is 87.3 cm³/mol. The summed E-state index contributed by atoms with van der Waals surface area (Å²) in [5.74, 6) is 0.644. The number of H-pyrrole nitrogens is 1. The van der Waals surface area contributed by atoms with E-state index in [2.05, 4.69) is 10.1 Å². The van der Waals surface area contributed by atoms with Crippen LogP contribution in [0, 0.1) is 0 Å². The summed E-state index contributed by atoms with van der Waals surface area (Å²) in [5.41, 5.74) is 1.84. The number of oxime groups is 1. The highest BCUT2D eigenvalue weighted by atomic mass is 16.5. The number of aromatic nitrogens is 1. The summed E-state index contributed by atoms with van der Waals surface area (Å²) in [5, 5.41) is 14.2. The number of ether oxygens (including phenoxy) is 1. The molecule has 0 amide bonds. The summed E-state index contributed by atoms with van der Waals surface area (Å²) in [6, 6.07) is 16.7. The highest BCUT2D eigenvalue weighted by Gasteiger charge is 2.27. The topological polar surface area (TPSA) is 74.7 Å². The molecular weight excluding hydrogens is 292 g/mol. The molecule has 5 heteroatoms. The van der Waals surface area contributed by atoms with Crippen molar-refractivity contribution in [3.63, 3.8) is 0 Å². The van der Waals surface area contributed by atoms with Gasteiger partial charge in [-0.25, -0.2) is 0 Å². The summed E-state index contributed by atoms with van der Waals surface area (Å²) >= 11 is 0. The monoisotopic (exact) mass is 306 g/mol. The Bertz CT molecular complexity index is 975. The van der Waals surface area contributed by atoms with Gasteiger partial charge in [-0.2, -0.15) is 0 Å². The van der Waals surface area contributed by atoms with E-state index in [0.717, 1.165) is 10.9 Å². The first kappa shape index (κ1) is 13.6. The van der Waals surface area contributed by atoms with Gasteiger partial charge in [-0.1, -0.05) is 35.5 Å². The van der Waals surface area contributed by atoms with Crippen LogP contribution in [-0.4, -0.2) is 15.9 Å². The van der Waals surface area contributed by atoms with Crippen LogP contribution in [0.1, 0.15) is 23.8 Å². The van der Waals surface area contributed by atoms with Gasteiger partial charge >= 0.3 is 0 Å². The summed E-state index contributed by atoms with van der Waals surface area (Å²) < 4.78 is 5.99. The van der Waals surface area contributed by atoms with E-state index >= 15 is 0 Å². The van der Waals surface area contributed by atoms with Gasteiger partial charge in [0.25, 0.3) is 5.56 Å². The zero-order chi connectivity index (χ0) is 15.8. The molecule has 1 aliphatic rings. The molecule has 3 aromatic rings. The number of fused-ring (bicyclic) bond motifs is 2. The molecule has 2 N–H and O–H groups in total. The summed E-state index contributed by atoms with van der Waals surface area (Å²) in [6.07, 6.45) is -0.00460. The first-order valence-corrected chi connectivity index (χ1v) is 7.35. The van der Waals surface area contributed by atoms with Gasteiger partial charge in [-0.3, -0.25) is 4.79 Å². The quantitative estimate of drug-likeness (QED) is 0.535. The molecule has 0 fully saturated rings. The van der Waals surface area contributed by atoms with E-state index in [-0.39, 0.29) is 5.56 Å². The number of rotatable bonds is 1. The van der Waals surface area contributed by atoms with Crippen molar-refractivity contribution in [1.82, 2.24) is 4.98 Å². The number of hydrogen-bond donors (Lipinski definition) is 2. The van der Waals surface area contributed by atoms with Gasteiger partial charge in [0.15, 0.2) is 0 Å². The molecule has 0 aliphatic carbocycles. The van der Waals surface area contributed by atoms with E-state index in [4.69, 9.17) is 4.74 Å². The van der Waals surface area contributed by atoms with Gasteiger partial charge in [-0.15, -0.1) is 0 Å². The lowest BCUT2D eigenvalue weighted by Gasteiger charge is -2.26. The Morgan fingerprint density at radius 2 is 1.91 bits per heavy atom. The summed E-state index contributed by atoms with van der Waals surface area (Å²) in [4.78, 5) is 15.1. The third kappa shape index (κ3) is 2.26. The Morgan fingerprint density at radius 3 is 2.78 bits per heavy atom. The average molecular weight is 306 g/mol. The molecule has 1 atom stereocenters. The maximum absolute atomic E-state index is 12.2. The van der Waals surface area contributed by atoms with Crippen molar-refractivity contribution in [3.05, 3.63) is 76.2 Å². The number of aromatic amines is 1. The lowest BCUT2D eigenvalue weighted by atomic mass is 9.97. The smallest absolute Gasteiger partial charge is 0.256 e. The number of nitrogens with one attached hydrogen (secondary N) is 1. The van der Waals surface area contributed by atoms with E-state index in [9.17, 15) is 10.0 Å². The molecule has 114 valence electrons. The van der Waals surface area contributed by atoms with Gasteiger partial charge in [0, 0.05) is 17.4 Å². The summed E-state index contributed by atoms with van der Waals surface area (Å²) in [7, 11) is 0. The Labute approximate surface area is 131 Å². The summed E-state index contributed by atoms with van der Waals surface area (Å²) in [6.45, 7) is 0. The van der Waals surface area contributed by atoms with Gasteiger partial charge in [0.2, 0.25) is 0 Å². The molecule has 2 heterocycles. The first-order chi connectivity index (χ1) is 11.3. The molecule has 1 aliphatic heterocycles. The largest absolute Gasteiger partial charge is 0.483 e. The highest BCUT2D eigenvalue weighted by molar-refractivity contribution is 6.03. The van der Waals surface area contributed by atoms with E-state index in [1.165, 1.54) is 0 Å². The van der Waals surface area contributed by atoms with Crippen LogP contribution in [-0.2, 0) is 0 Å². The van der Waals surface area contributed by atoms with Gasteiger partial charge < -0.3 is 14.9 Å². The SMILES string of the molecule is O=c1[nH]c(C2C/C(=N/O)c3ccccc3O2)cc2ccccc12. The molecule has 2 aromatic carbocycles. The van der Waals surface area contributed by atoms with Crippen molar-refractivity contribution >= 4 is 16.5 Å². The average Bonchev–Trinajstić information content (AvgIpc) is 2.60. The van der Waals surface area contributed by atoms with Crippen molar-refractivity contribution < 1.29 is 9.94 Å². The lowest BCUT2D eigenvalue weighted by molar-refractivity contribution is 0.198. The van der Waals surface area contributed by atoms with Crippen molar-refractivity contribution in [2.45, 2.75) is 12.5 Å². The van der Waals surface area contributed by atoms with Crippen LogP contribution in [0.25, 0.3) is 10.8 Å². The Balaban J connectivity index is 1.82. The van der Waals surface area contributed by atoms with Crippen molar-refractivity contribution in [2.24, 2.45) is 5.16 Å². The van der Waals surface area contributed by atoms with Crippen molar-refractivity contribution in [1.29, 1.82) is 0 Å². The van der Waals surface area contributed by atoms with E-state index in [1.54, 1.807) is 6.07 Å². The maximum Gasteiger partial charge on any atom is 0.256 e. The van der Waals surface area contributed by atoms with Crippen LogP contribution < -0.4 is 10.3 Å². The fraction of sp³-hybridized carbons (Fsp3) is 0.111. The van der Waals surface area contributed by atoms with Crippen molar-refractivity contribution in [3.8, 4) is 5.75 Å². The molecule has 1 aromatic heterocycles. The fourth-order valence-electron chi connectivity index (χ4n) is 2.96. The van der Waals surface area contributed by atoms with Crippen LogP contribution in [0.4, 0.5) is 0 Å². The lowest BCUT2D eigenvalue weighted by Crippen LogP contribution is -2.23. The van der Waals surface area contributed by atoms with Crippen LogP contribution in [0.15, 0.2) is 64.5 Å². The second kappa shape index (κ2) is 5.28. The minimum Gasteiger partial charge on any atom is -0.483 e. The molecule has 0 spiro atoms. The van der Waals surface area contributed by atoms with Gasteiger partial charge in [-0.05, 0) is 29.7 Å². The maximum atomic E-state index is 12.2. The predicted octanol–water partition coefficient (Wildman–Crippen LogP) is 3.23. The third-order valence-electron chi connectivity index (χ3n) is 4.09. The zero-order valence-electron chi connectivity index (χ0n) is 12.2. The first-order valence-electron chi connectivity index (χ1n) is 7.35. The molecule has 1 unspecified atom stereocenters. The standard InChI is InChI=1S/C18H14N2O3/c21-18-12-6-2-1-5-11(12)9-15(19-18)17-10-14(20-22)13-7-3-4-8-16(13)23-17/h1-9,17,22H,10H2,(H,19,21)/b20-14-. The number of para-hydroxylation sites is 1.